The van der Waals surface area contributed by atoms with Crippen molar-refractivity contribution in [3.63, 3.8) is 0 Å². The maximum atomic E-state index is 3.81. The van der Waals surface area contributed by atoms with Gasteiger partial charge in [0, 0.05) is 28.3 Å². The van der Waals surface area contributed by atoms with E-state index in [1.807, 2.05) is 28.7 Å². The second-order valence-electron chi connectivity index (χ2n) is 4.44. The lowest BCUT2D eigenvalue weighted by Gasteiger charge is -2.21. The van der Waals surface area contributed by atoms with Gasteiger partial charge in [0.05, 0.1) is 0 Å². The zero-order valence-electron chi connectivity index (χ0n) is 10.6. The molecule has 2 atom stereocenters. The van der Waals surface area contributed by atoms with E-state index >= 15 is 0 Å². The van der Waals surface area contributed by atoms with E-state index in [0.717, 1.165) is 12.8 Å². The van der Waals surface area contributed by atoms with Crippen LogP contribution in [0.4, 0.5) is 0 Å². The predicted octanol–water partition coefficient (Wildman–Crippen LogP) is 4.65. The van der Waals surface area contributed by atoms with Gasteiger partial charge in [-0.15, -0.1) is 29.3 Å². The van der Waals surface area contributed by atoms with Crippen LogP contribution in [0.2, 0.25) is 0 Å². The lowest BCUT2D eigenvalue weighted by molar-refractivity contribution is 0.462. The van der Waals surface area contributed by atoms with Crippen molar-refractivity contribution in [1.29, 1.82) is 0 Å². The van der Waals surface area contributed by atoms with Gasteiger partial charge in [0.2, 0.25) is 0 Å². The molecule has 18 heavy (non-hydrogen) atoms. The number of nitrogens with one attached hydrogen (secondary N) is 1. The maximum absolute atomic E-state index is 3.81. The second-order valence-corrected chi connectivity index (χ2v) is 6.46. The lowest BCUT2D eigenvalue weighted by atomic mass is 10.1. The molecule has 0 aromatic carbocycles. The van der Waals surface area contributed by atoms with Crippen molar-refractivity contribution < 1.29 is 0 Å². The molecule has 2 aromatic rings. The summed E-state index contributed by atoms with van der Waals surface area (Å²) in [5, 5.41) is 8.00. The van der Waals surface area contributed by atoms with E-state index in [4.69, 9.17) is 0 Å². The van der Waals surface area contributed by atoms with Crippen LogP contribution in [0.15, 0.2) is 47.7 Å². The van der Waals surface area contributed by atoms with E-state index in [9.17, 15) is 0 Å². The van der Waals surface area contributed by atoms with Crippen LogP contribution in [-0.4, -0.2) is 6.04 Å². The molecule has 0 aliphatic carbocycles. The third-order valence-electron chi connectivity index (χ3n) is 2.88. The Morgan fingerprint density at radius 1 is 1.28 bits per heavy atom. The largest absolute Gasteiger partial charge is 0.306 e. The molecule has 1 nitrogen and oxygen atoms in total. The molecule has 96 valence electrons. The molecule has 2 unspecified atom stereocenters. The molecule has 0 radical (unpaired) electrons. The Labute approximate surface area is 117 Å². The first-order valence-electron chi connectivity index (χ1n) is 6.22. The van der Waals surface area contributed by atoms with Crippen LogP contribution in [0.1, 0.15) is 29.1 Å². The first kappa shape index (κ1) is 13.5. The van der Waals surface area contributed by atoms with Gasteiger partial charge < -0.3 is 5.32 Å². The summed E-state index contributed by atoms with van der Waals surface area (Å²) >= 11 is 3.66. The summed E-state index contributed by atoms with van der Waals surface area (Å²) in [7, 11) is 0. The molecule has 2 rings (SSSR count). The summed E-state index contributed by atoms with van der Waals surface area (Å²) in [6, 6.07) is 9.56. The Morgan fingerprint density at radius 3 is 2.67 bits per heavy atom. The van der Waals surface area contributed by atoms with Crippen LogP contribution in [0.25, 0.3) is 0 Å². The van der Waals surface area contributed by atoms with E-state index in [1.165, 1.54) is 9.75 Å². The first-order chi connectivity index (χ1) is 8.79. The van der Waals surface area contributed by atoms with Crippen LogP contribution in [0, 0.1) is 0 Å². The van der Waals surface area contributed by atoms with E-state index in [0.29, 0.717) is 12.1 Å². The van der Waals surface area contributed by atoms with E-state index < -0.39 is 0 Å². The normalized spacial score (nSPS) is 14.3. The molecule has 0 aliphatic heterocycles. The summed E-state index contributed by atoms with van der Waals surface area (Å²) in [6.45, 7) is 6.03. The van der Waals surface area contributed by atoms with E-state index in [1.54, 1.807) is 0 Å². The number of rotatable bonds is 7. The highest BCUT2D eigenvalue weighted by molar-refractivity contribution is 7.10. The van der Waals surface area contributed by atoms with E-state index in [2.05, 4.69) is 53.8 Å². The Balaban J connectivity index is 2.05. The van der Waals surface area contributed by atoms with Gasteiger partial charge in [-0.1, -0.05) is 18.2 Å². The van der Waals surface area contributed by atoms with Crippen LogP contribution < -0.4 is 5.32 Å². The van der Waals surface area contributed by atoms with Crippen LogP contribution in [0.3, 0.4) is 0 Å². The standard InChI is InChI=1S/C15H19NS2/c1-3-6-12(2)16-14(15-8-5-10-18-15)11-13-7-4-9-17-13/h3-5,7-10,12,14,16H,1,6,11H2,2H3. The minimum atomic E-state index is 0.415. The van der Waals surface area contributed by atoms with Gasteiger partial charge in [0.1, 0.15) is 0 Å². The zero-order valence-corrected chi connectivity index (χ0v) is 12.3. The topological polar surface area (TPSA) is 12.0 Å². The van der Waals surface area contributed by atoms with Crippen molar-refractivity contribution in [2.45, 2.75) is 31.8 Å². The quantitative estimate of drug-likeness (QED) is 0.727. The fourth-order valence-corrected chi connectivity index (χ4v) is 3.56. The molecule has 0 amide bonds. The molecule has 2 aromatic heterocycles. The summed E-state index contributed by atoms with van der Waals surface area (Å²) in [4.78, 5) is 2.85. The van der Waals surface area contributed by atoms with Gasteiger partial charge in [-0.05, 0) is 36.2 Å². The second kappa shape index (κ2) is 6.88. The van der Waals surface area contributed by atoms with Gasteiger partial charge in [-0.2, -0.15) is 0 Å². The molecule has 0 fully saturated rings. The molecule has 2 heterocycles. The van der Waals surface area contributed by atoms with Crippen molar-refractivity contribution in [3.05, 3.63) is 57.4 Å². The van der Waals surface area contributed by atoms with Gasteiger partial charge in [0.25, 0.3) is 0 Å². The van der Waals surface area contributed by atoms with Crippen molar-refractivity contribution in [2.24, 2.45) is 0 Å². The number of hydrogen-bond donors (Lipinski definition) is 1. The lowest BCUT2D eigenvalue weighted by Crippen LogP contribution is -2.30. The number of hydrogen-bond acceptors (Lipinski definition) is 3. The predicted molar refractivity (Wildman–Crippen MR) is 82.5 cm³/mol. The summed E-state index contributed by atoms with van der Waals surface area (Å²) < 4.78 is 0. The Bertz CT molecular complexity index is 445. The van der Waals surface area contributed by atoms with Crippen LogP contribution >= 0.6 is 22.7 Å². The van der Waals surface area contributed by atoms with Gasteiger partial charge in [-0.3, -0.25) is 0 Å². The highest BCUT2D eigenvalue weighted by Crippen LogP contribution is 2.25. The van der Waals surface area contributed by atoms with Crippen molar-refractivity contribution in [1.82, 2.24) is 5.32 Å². The summed E-state index contributed by atoms with van der Waals surface area (Å²) in [6.07, 6.45) is 4.06. The minimum absolute atomic E-state index is 0.415. The molecule has 1 N–H and O–H groups in total. The molecule has 0 spiro atoms. The first-order valence-corrected chi connectivity index (χ1v) is 7.98. The number of thiophene rings is 2. The SMILES string of the molecule is C=CCC(C)NC(Cc1cccs1)c1cccs1. The highest BCUT2D eigenvalue weighted by atomic mass is 32.1. The fraction of sp³-hybridized carbons (Fsp3) is 0.333. The van der Waals surface area contributed by atoms with E-state index in [-0.39, 0.29) is 0 Å². The van der Waals surface area contributed by atoms with Gasteiger partial charge >= 0.3 is 0 Å². The Hall–Kier alpha value is -0.900. The minimum Gasteiger partial charge on any atom is -0.306 e. The Kier molecular flexibility index (Phi) is 5.17. The average molecular weight is 277 g/mol. The van der Waals surface area contributed by atoms with Crippen molar-refractivity contribution in [3.8, 4) is 0 Å². The molecule has 3 heteroatoms. The maximum Gasteiger partial charge on any atom is 0.0465 e. The molecule has 0 aliphatic rings. The smallest absolute Gasteiger partial charge is 0.0465 e. The molecular formula is C15H19NS2. The van der Waals surface area contributed by atoms with Crippen molar-refractivity contribution >= 4 is 22.7 Å². The van der Waals surface area contributed by atoms with Crippen molar-refractivity contribution in [2.75, 3.05) is 0 Å². The molecule has 0 bridgehead atoms. The fourth-order valence-electron chi connectivity index (χ4n) is 2.02. The summed E-state index contributed by atoms with van der Waals surface area (Å²) in [5.41, 5.74) is 0. The van der Waals surface area contributed by atoms with Gasteiger partial charge in [-0.25, -0.2) is 0 Å². The van der Waals surface area contributed by atoms with Crippen LogP contribution in [-0.2, 0) is 6.42 Å². The van der Waals surface area contributed by atoms with Gasteiger partial charge in [0.15, 0.2) is 0 Å². The zero-order chi connectivity index (χ0) is 12.8. The average Bonchev–Trinajstić information content (AvgIpc) is 3.01. The molecular weight excluding hydrogens is 258 g/mol. The summed E-state index contributed by atoms with van der Waals surface area (Å²) in [5.74, 6) is 0. The molecule has 0 saturated heterocycles. The third kappa shape index (κ3) is 3.80. The van der Waals surface area contributed by atoms with Crippen LogP contribution in [0.5, 0.6) is 0 Å². The third-order valence-corrected chi connectivity index (χ3v) is 4.76. The highest BCUT2D eigenvalue weighted by Gasteiger charge is 2.15. The monoisotopic (exact) mass is 277 g/mol. The molecule has 0 saturated carbocycles. The Morgan fingerprint density at radius 2 is 2.06 bits per heavy atom.